The standard InChI is InChI=1S/C13H16FN3O4/c1-9(13(18)16-6-4-15-5-7-16)21-12-8-10(14)2-3-11(12)17(19)20/h2-3,8-9,15H,4-7H2,1H3. The molecule has 0 radical (unpaired) electrons. The average Bonchev–Trinajstić information content (AvgIpc) is 2.47. The molecular weight excluding hydrogens is 281 g/mol. The number of carbonyl (C=O) groups excluding carboxylic acids is 1. The van der Waals surface area contributed by atoms with Crippen molar-refractivity contribution in [2.24, 2.45) is 0 Å². The van der Waals surface area contributed by atoms with Gasteiger partial charge in [-0.25, -0.2) is 4.39 Å². The van der Waals surface area contributed by atoms with E-state index in [2.05, 4.69) is 5.32 Å². The van der Waals surface area contributed by atoms with Crippen molar-refractivity contribution in [1.82, 2.24) is 10.2 Å². The van der Waals surface area contributed by atoms with E-state index in [0.717, 1.165) is 18.2 Å². The number of hydrogen-bond acceptors (Lipinski definition) is 5. The van der Waals surface area contributed by atoms with E-state index in [1.165, 1.54) is 6.92 Å². The van der Waals surface area contributed by atoms with Gasteiger partial charge in [-0.2, -0.15) is 0 Å². The summed E-state index contributed by atoms with van der Waals surface area (Å²) in [5, 5.41) is 14.0. The number of amides is 1. The fourth-order valence-corrected chi connectivity index (χ4v) is 2.12. The number of piperazine rings is 1. The zero-order valence-electron chi connectivity index (χ0n) is 11.5. The van der Waals surface area contributed by atoms with E-state index >= 15 is 0 Å². The van der Waals surface area contributed by atoms with Crippen molar-refractivity contribution in [3.63, 3.8) is 0 Å². The molecule has 1 saturated heterocycles. The molecule has 8 heteroatoms. The Kier molecular flexibility index (Phi) is 4.69. The first-order valence-electron chi connectivity index (χ1n) is 6.59. The number of nitro benzene ring substituents is 1. The minimum atomic E-state index is -0.913. The average molecular weight is 297 g/mol. The van der Waals surface area contributed by atoms with E-state index < -0.39 is 16.8 Å². The highest BCUT2D eigenvalue weighted by atomic mass is 19.1. The Balaban J connectivity index is 2.11. The van der Waals surface area contributed by atoms with Crippen LogP contribution in [0, 0.1) is 15.9 Å². The summed E-state index contributed by atoms with van der Waals surface area (Å²) in [6.07, 6.45) is -0.913. The fraction of sp³-hybridized carbons (Fsp3) is 0.462. The highest BCUT2D eigenvalue weighted by Gasteiger charge is 2.26. The van der Waals surface area contributed by atoms with Crippen molar-refractivity contribution in [3.8, 4) is 5.75 Å². The van der Waals surface area contributed by atoms with Crippen LogP contribution in [0.2, 0.25) is 0 Å². The summed E-state index contributed by atoms with van der Waals surface area (Å²) >= 11 is 0. The van der Waals surface area contributed by atoms with E-state index in [9.17, 15) is 19.3 Å². The first-order chi connectivity index (χ1) is 9.99. The van der Waals surface area contributed by atoms with Crippen molar-refractivity contribution in [1.29, 1.82) is 0 Å². The molecule has 0 aliphatic carbocycles. The predicted molar refractivity (Wildman–Crippen MR) is 72.6 cm³/mol. The Morgan fingerprint density at radius 3 is 2.76 bits per heavy atom. The van der Waals surface area contributed by atoms with Crippen LogP contribution in [0.25, 0.3) is 0 Å². The molecule has 2 rings (SSSR count). The first kappa shape index (κ1) is 15.2. The monoisotopic (exact) mass is 297 g/mol. The normalized spacial score (nSPS) is 16.4. The van der Waals surface area contributed by atoms with Crippen LogP contribution >= 0.6 is 0 Å². The summed E-state index contributed by atoms with van der Waals surface area (Å²) in [6.45, 7) is 3.99. The molecule has 1 amide bonds. The smallest absolute Gasteiger partial charge is 0.311 e. The van der Waals surface area contributed by atoms with Crippen LogP contribution in [0.1, 0.15) is 6.92 Å². The molecule has 0 saturated carbocycles. The molecule has 1 aliphatic heterocycles. The number of rotatable bonds is 4. The molecule has 1 unspecified atom stereocenters. The van der Waals surface area contributed by atoms with Crippen LogP contribution in [-0.2, 0) is 4.79 Å². The molecule has 114 valence electrons. The van der Waals surface area contributed by atoms with Gasteiger partial charge in [-0.1, -0.05) is 0 Å². The van der Waals surface area contributed by atoms with Gasteiger partial charge in [0, 0.05) is 38.3 Å². The molecule has 7 nitrogen and oxygen atoms in total. The molecule has 1 N–H and O–H groups in total. The van der Waals surface area contributed by atoms with Gasteiger partial charge < -0.3 is 15.0 Å². The van der Waals surface area contributed by atoms with Gasteiger partial charge in [0.05, 0.1) is 4.92 Å². The Hall–Kier alpha value is -2.22. The third-order valence-corrected chi connectivity index (χ3v) is 3.20. The number of ether oxygens (including phenoxy) is 1. The van der Waals surface area contributed by atoms with Crippen LogP contribution in [0.5, 0.6) is 5.75 Å². The van der Waals surface area contributed by atoms with Crippen molar-refractivity contribution >= 4 is 11.6 Å². The second-order valence-corrected chi connectivity index (χ2v) is 4.70. The van der Waals surface area contributed by atoms with Gasteiger partial charge in [0.25, 0.3) is 5.91 Å². The third kappa shape index (κ3) is 3.66. The minimum absolute atomic E-state index is 0.240. The first-order valence-corrected chi connectivity index (χ1v) is 6.59. The van der Waals surface area contributed by atoms with Gasteiger partial charge in [-0.3, -0.25) is 14.9 Å². The quantitative estimate of drug-likeness (QED) is 0.660. The Morgan fingerprint density at radius 2 is 2.14 bits per heavy atom. The summed E-state index contributed by atoms with van der Waals surface area (Å²) in [6, 6.07) is 2.92. The van der Waals surface area contributed by atoms with Crippen molar-refractivity contribution in [3.05, 3.63) is 34.1 Å². The largest absolute Gasteiger partial charge is 0.474 e. The lowest BCUT2D eigenvalue weighted by Gasteiger charge is -2.29. The van der Waals surface area contributed by atoms with E-state index in [0.29, 0.717) is 26.2 Å². The van der Waals surface area contributed by atoms with Gasteiger partial charge in [-0.05, 0) is 13.0 Å². The van der Waals surface area contributed by atoms with Crippen LogP contribution in [0.3, 0.4) is 0 Å². The molecule has 0 aromatic heterocycles. The van der Waals surface area contributed by atoms with Gasteiger partial charge in [-0.15, -0.1) is 0 Å². The van der Waals surface area contributed by atoms with Crippen molar-refractivity contribution in [2.45, 2.75) is 13.0 Å². The number of hydrogen-bond donors (Lipinski definition) is 1. The van der Waals surface area contributed by atoms with Gasteiger partial charge >= 0.3 is 5.69 Å². The molecule has 1 atom stereocenters. The highest BCUT2D eigenvalue weighted by Crippen LogP contribution is 2.28. The minimum Gasteiger partial charge on any atom is -0.474 e. The molecule has 1 heterocycles. The van der Waals surface area contributed by atoms with E-state index in [1.54, 1.807) is 4.90 Å². The lowest BCUT2D eigenvalue weighted by atomic mass is 10.2. The zero-order chi connectivity index (χ0) is 15.4. The number of halogens is 1. The fourth-order valence-electron chi connectivity index (χ4n) is 2.12. The summed E-state index contributed by atoms with van der Waals surface area (Å²) in [5.41, 5.74) is -0.364. The zero-order valence-corrected chi connectivity index (χ0v) is 11.5. The molecule has 21 heavy (non-hydrogen) atoms. The molecule has 0 spiro atoms. The summed E-state index contributed by atoms with van der Waals surface area (Å²) in [7, 11) is 0. The maximum absolute atomic E-state index is 13.2. The number of nitrogens with one attached hydrogen (secondary N) is 1. The Bertz CT molecular complexity index is 546. The number of carbonyl (C=O) groups is 1. The number of nitro groups is 1. The van der Waals surface area contributed by atoms with E-state index in [4.69, 9.17) is 4.74 Å². The van der Waals surface area contributed by atoms with Gasteiger partial charge in [0.2, 0.25) is 5.75 Å². The van der Waals surface area contributed by atoms with Crippen LogP contribution < -0.4 is 10.1 Å². The topological polar surface area (TPSA) is 84.7 Å². The molecular formula is C13H16FN3O4. The van der Waals surface area contributed by atoms with Crippen molar-refractivity contribution < 1.29 is 18.8 Å². The van der Waals surface area contributed by atoms with Crippen LogP contribution in [0.15, 0.2) is 18.2 Å². The number of nitrogens with zero attached hydrogens (tertiary/aromatic N) is 2. The lowest BCUT2D eigenvalue weighted by Crippen LogP contribution is -2.50. The van der Waals surface area contributed by atoms with E-state index in [-0.39, 0.29) is 17.3 Å². The van der Waals surface area contributed by atoms with Crippen LogP contribution in [-0.4, -0.2) is 48.0 Å². The van der Waals surface area contributed by atoms with Crippen LogP contribution in [0.4, 0.5) is 10.1 Å². The number of benzene rings is 1. The predicted octanol–water partition coefficient (Wildman–Crippen LogP) is 0.933. The molecule has 1 aromatic carbocycles. The second kappa shape index (κ2) is 6.49. The lowest BCUT2D eigenvalue weighted by molar-refractivity contribution is -0.386. The maximum Gasteiger partial charge on any atom is 0.311 e. The third-order valence-electron chi connectivity index (χ3n) is 3.20. The molecule has 1 fully saturated rings. The van der Waals surface area contributed by atoms with E-state index in [1.807, 2.05) is 0 Å². The maximum atomic E-state index is 13.2. The Morgan fingerprint density at radius 1 is 1.48 bits per heavy atom. The molecule has 1 aliphatic rings. The summed E-state index contributed by atoms with van der Waals surface area (Å²) < 4.78 is 18.5. The van der Waals surface area contributed by atoms with Crippen molar-refractivity contribution in [2.75, 3.05) is 26.2 Å². The highest BCUT2D eigenvalue weighted by molar-refractivity contribution is 5.81. The second-order valence-electron chi connectivity index (χ2n) is 4.70. The summed E-state index contributed by atoms with van der Waals surface area (Å²) in [5.74, 6) is -1.16. The van der Waals surface area contributed by atoms with Gasteiger partial charge in [0.15, 0.2) is 6.10 Å². The summed E-state index contributed by atoms with van der Waals surface area (Å²) in [4.78, 5) is 24.0. The van der Waals surface area contributed by atoms with Gasteiger partial charge in [0.1, 0.15) is 5.82 Å². The SMILES string of the molecule is CC(Oc1cc(F)ccc1[N+](=O)[O-])C(=O)N1CCNCC1. The molecule has 0 bridgehead atoms. The molecule has 1 aromatic rings. The Labute approximate surface area is 120 Å².